The summed E-state index contributed by atoms with van der Waals surface area (Å²) in [6, 6.07) is 6.45. The van der Waals surface area contributed by atoms with Gasteiger partial charge in [0.05, 0.1) is 7.11 Å². The van der Waals surface area contributed by atoms with Crippen LogP contribution in [0.15, 0.2) is 18.2 Å². The van der Waals surface area contributed by atoms with Crippen molar-refractivity contribution in [1.82, 2.24) is 0 Å². The Morgan fingerprint density at radius 1 is 1.40 bits per heavy atom. The van der Waals surface area contributed by atoms with Crippen molar-refractivity contribution < 1.29 is 4.74 Å². The minimum atomic E-state index is 0. The van der Waals surface area contributed by atoms with Crippen molar-refractivity contribution in [2.24, 2.45) is 11.7 Å². The molecule has 0 bridgehead atoms. The highest BCUT2D eigenvalue weighted by molar-refractivity contribution is 5.85. The zero-order chi connectivity index (χ0) is 10.1. The van der Waals surface area contributed by atoms with Crippen LogP contribution in [0, 0.1) is 12.8 Å². The van der Waals surface area contributed by atoms with Crippen LogP contribution in [0.3, 0.4) is 0 Å². The van der Waals surface area contributed by atoms with Crippen molar-refractivity contribution >= 4 is 12.4 Å². The molecule has 84 valence electrons. The molecule has 15 heavy (non-hydrogen) atoms. The molecule has 2 rings (SSSR count). The van der Waals surface area contributed by atoms with E-state index in [1.807, 2.05) is 6.07 Å². The molecule has 1 aliphatic carbocycles. The standard InChI is InChI=1S/C12H17NO.ClH/c1-8-7-10(5-6-11(8)14-2)12(13)9-3-4-9;/h5-7,9,12H,3-4,13H2,1-2H3;1H/t12-;/m0./s1. The number of rotatable bonds is 3. The maximum atomic E-state index is 6.12. The summed E-state index contributed by atoms with van der Waals surface area (Å²) in [6.45, 7) is 2.06. The van der Waals surface area contributed by atoms with E-state index in [-0.39, 0.29) is 18.4 Å². The average molecular weight is 228 g/mol. The van der Waals surface area contributed by atoms with Crippen LogP contribution in [-0.2, 0) is 0 Å². The first-order valence-corrected chi connectivity index (χ1v) is 5.12. The fourth-order valence-corrected chi connectivity index (χ4v) is 1.84. The van der Waals surface area contributed by atoms with Gasteiger partial charge in [0.2, 0.25) is 0 Å². The van der Waals surface area contributed by atoms with Crippen LogP contribution in [0.25, 0.3) is 0 Å². The second kappa shape index (κ2) is 4.86. The number of hydrogen-bond donors (Lipinski definition) is 1. The van der Waals surface area contributed by atoms with Gasteiger partial charge in [-0.15, -0.1) is 12.4 Å². The van der Waals surface area contributed by atoms with E-state index in [0.717, 1.165) is 5.75 Å². The Labute approximate surface area is 97.2 Å². The first-order chi connectivity index (χ1) is 6.72. The summed E-state index contributed by atoms with van der Waals surface area (Å²) < 4.78 is 5.21. The summed E-state index contributed by atoms with van der Waals surface area (Å²) in [5.74, 6) is 1.65. The molecule has 1 fully saturated rings. The van der Waals surface area contributed by atoms with E-state index in [9.17, 15) is 0 Å². The van der Waals surface area contributed by atoms with E-state index < -0.39 is 0 Å². The molecule has 2 N–H and O–H groups in total. The normalized spacial score (nSPS) is 16.7. The van der Waals surface area contributed by atoms with Crippen LogP contribution in [-0.4, -0.2) is 7.11 Å². The van der Waals surface area contributed by atoms with Crippen molar-refractivity contribution in [2.75, 3.05) is 7.11 Å². The van der Waals surface area contributed by atoms with E-state index in [0.29, 0.717) is 5.92 Å². The van der Waals surface area contributed by atoms with E-state index in [1.165, 1.54) is 24.0 Å². The molecule has 1 saturated carbocycles. The van der Waals surface area contributed by atoms with Crippen LogP contribution >= 0.6 is 12.4 Å². The number of aryl methyl sites for hydroxylation is 1. The number of methoxy groups -OCH3 is 1. The van der Waals surface area contributed by atoms with Crippen molar-refractivity contribution in [1.29, 1.82) is 0 Å². The molecule has 0 aromatic heterocycles. The second-order valence-corrected chi connectivity index (χ2v) is 4.09. The number of nitrogens with two attached hydrogens (primary N) is 1. The molecule has 0 amide bonds. The van der Waals surface area contributed by atoms with Crippen molar-refractivity contribution in [3.8, 4) is 5.75 Å². The fraction of sp³-hybridized carbons (Fsp3) is 0.500. The molecule has 2 nitrogen and oxygen atoms in total. The molecular formula is C12H18ClNO. The van der Waals surface area contributed by atoms with Gasteiger partial charge in [-0.25, -0.2) is 0 Å². The molecule has 1 atom stereocenters. The molecule has 0 unspecified atom stereocenters. The van der Waals surface area contributed by atoms with Gasteiger partial charge in [0, 0.05) is 6.04 Å². The summed E-state index contributed by atoms with van der Waals surface area (Å²) >= 11 is 0. The van der Waals surface area contributed by atoms with Crippen molar-refractivity contribution in [3.63, 3.8) is 0 Å². The lowest BCUT2D eigenvalue weighted by Gasteiger charge is -2.13. The van der Waals surface area contributed by atoms with Crippen LogP contribution in [0.1, 0.15) is 30.0 Å². The Morgan fingerprint density at radius 3 is 2.53 bits per heavy atom. The maximum Gasteiger partial charge on any atom is 0.121 e. The van der Waals surface area contributed by atoms with Gasteiger partial charge in [-0.3, -0.25) is 0 Å². The van der Waals surface area contributed by atoms with Gasteiger partial charge in [-0.05, 0) is 42.9 Å². The molecule has 3 heteroatoms. The molecule has 1 aromatic carbocycles. The quantitative estimate of drug-likeness (QED) is 0.862. The number of halogens is 1. The largest absolute Gasteiger partial charge is 0.496 e. The fourth-order valence-electron chi connectivity index (χ4n) is 1.84. The van der Waals surface area contributed by atoms with Crippen LogP contribution in [0.5, 0.6) is 5.75 Å². The summed E-state index contributed by atoms with van der Waals surface area (Å²) in [5.41, 5.74) is 8.53. The van der Waals surface area contributed by atoms with Crippen molar-refractivity contribution in [2.45, 2.75) is 25.8 Å². The smallest absolute Gasteiger partial charge is 0.121 e. The van der Waals surface area contributed by atoms with Crippen molar-refractivity contribution in [3.05, 3.63) is 29.3 Å². The second-order valence-electron chi connectivity index (χ2n) is 4.09. The molecule has 0 radical (unpaired) electrons. The zero-order valence-corrected chi connectivity index (χ0v) is 10.0. The van der Waals surface area contributed by atoms with Crippen LogP contribution in [0.4, 0.5) is 0 Å². The van der Waals surface area contributed by atoms with E-state index in [1.54, 1.807) is 7.11 Å². The predicted octanol–water partition coefficient (Wildman–Crippen LogP) is 2.84. The van der Waals surface area contributed by atoms with Gasteiger partial charge < -0.3 is 10.5 Å². The predicted molar refractivity (Wildman–Crippen MR) is 64.6 cm³/mol. The Morgan fingerprint density at radius 2 is 2.07 bits per heavy atom. The lowest BCUT2D eigenvalue weighted by Crippen LogP contribution is -2.12. The van der Waals surface area contributed by atoms with E-state index >= 15 is 0 Å². The number of hydrogen-bond acceptors (Lipinski definition) is 2. The third-order valence-electron chi connectivity index (χ3n) is 2.93. The Kier molecular flexibility index (Phi) is 4.00. The molecule has 0 saturated heterocycles. The van der Waals surface area contributed by atoms with Gasteiger partial charge in [0.15, 0.2) is 0 Å². The van der Waals surface area contributed by atoms with Gasteiger partial charge in [0.25, 0.3) is 0 Å². The van der Waals surface area contributed by atoms with Gasteiger partial charge in [-0.1, -0.05) is 12.1 Å². The number of ether oxygens (including phenoxy) is 1. The van der Waals surface area contributed by atoms with Gasteiger partial charge in [-0.2, -0.15) is 0 Å². The van der Waals surface area contributed by atoms with E-state index in [2.05, 4.69) is 19.1 Å². The molecule has 1 aliphatic rings. The summed E-state index contributed by atoms with van der Waals surface area (Å²) in [7, 11) is 1.70. The highest BCUT2D eigenvalue weighted by atomic mass is 35.5. The third-order valence-corrected chi connectivity index (χ3v) is 2.93. The minimum absolute atomic E-state index is 0. The first-order valence-electron chi connectivity index (χ1n) is 5.12. The summed E-state index contributed by atoms with van der Waals surface area (Å²) in [4.78, 5) is 0. The Balaban J connectivity index is 0.00000112. The number of benzene rings is 1. The van der Waals surface area contributed by atoms with Crippen LogP contribution < -0.4 is 10.5 Å². The molecular weight excluding hydrogens is 210 g/mol. The third kappa shape index (κ3) is 2.64. The van der Waals surface area contributed by atoms with Gasteiger partial charge in [0.1, 0.15) is 5.75 Å². The molecule has 0 heterocycles. The average Bonchev–Trinajstić information content (AvgIpc) is 3.00. The van der Waals surface area contributed by atoms with E-state index in [4.69, 9.17) is 10.5 Å². The van der Waals surface area contributed by atoms with Gasteiger partial charge >= 0.3 is 0 Å². The molecule has 0 spiro atoms. The lowest BCUT2D eigenvalue weighted by atomic mass is 10.0. The highest BCUT2D eigenvalue weighted by Gasteiger charge is 2.29. The minimum Gasteiger partial charge on any atom is -0.496 e. The van der Waals surface area contributed by atoms with Crippen LogP contribution in [0.2, 0.25) is 0 Å². The SMILES string of the molecule is COc1ccc([C@@H](N)C2CC2)cc1C.Cl. The zero-order valence-electron chi connectivity index (χ0n) is 9.19. The maximum absolute atomic E-state index is 6.12. The molecule has 1 aromatic rings. The summed E-state index contributed by atoms with van der Waals surface area (Å²) in [6.07, 6.45) is 2.57. The lowest BCUT2D eigenvalue weighted by molar-refractivity contribution is 0.411. The first kappa shape index (κ1) is 12.3. The Hall–Kier alpha value is -0.730. The molecule has 0 aliphatic heterocycles. The Bertz CT molecular complexity index is 336. The monoisotopic (exact) mass is 227 g/mol. The highest BCUT2D eigenvalue weighted by Crippen LogP contribution is 2.40. The topological polar surface area (TPSA) is 35.2 Å². The summed E-state index contributed by atoms with van der Waals surface area (Å²) in [5, 5.41) is 0.